The minimum Gasteiger partial charge on any atom is -0.480 e. The molecule has 0 radical (unpaired) electrons. The third-order valence-electron chi connectivity index (χ3n) is 5.24. The van der Waals surface area contributed by atoms with Gasteiger partial charge in [0.1, 0.15) is 12.6 Å². The van der Waals surface area contributed by atoms with Gasteiger partial charge in [-0.05, 0) is 39.9 Å². The van der Waals surface area contributed by atoms with Crippen LogP contribution in [0, 0.1) is 0 Å². The molecule has 3 aromatic rings. The smallest absolute Gasteiger partial charge is 0.407 e. The molecule has 0 unspecified atom stereocenters. The van der Waals surface area contributed by atoms with E-state index in [1.165, 1.54) is 11.8 Å². The summed E-state index contributed by atoms with van der Waals surface area (Å²) < 4.78 is 5.45. The number of nitrogens with zero attached hydrogens (tertiary/aromatic N) is 1. The van der Waals surface area contributed by atoms with Crippen molar-refractivity contribution >= 4 is 23.8 Å². The molecule has 7 heteroatoms. The molecule has 1 heterocycles. The van der Waals surface area contributed by atoms with Gasteiger partial charge < -0.3 is 15.2 Å². The molecule has 1 aromatic heterocycles. The van der Waals surface area contributed by atoms with Gasteiger partial charge in [0.15, 0.2) is 0 Å². The fourth-order valence-electron chi connectivity index (χ4n) is 3.73. The zero-order valence-corrected chi connectivity index (χ0v) is 17.5. The molecule has 0 spiro atoms. The number of thioether (sulfide) groups is 1. The van der Waals surface area contributed by atoms with Crippen molar-refractivity contribution < 1.29 is 19.4 Å². The Morgan fingerprint density at radius 1 is 1.00 bits per heavy atom. The second-order valence-corrected chi connectivity index (χ2v) is 8.26. The molecule has 158 valence electrons. The number of amides is 1. The van der Waals surface area contributed by atoms with Gasteiger partial charge in [0.05, 0.1) is 0 Å². The molecule has 2 N–H and O–H groups in total. The minimum atomic E-state index is -1.09. The zero-order valence-electron chi connectivity index (χ0n) is 16.7. The fraction of sp³-hybridized carbons (Fsp3) is 0.208. The van der Waals surface area contributed by atoms with Crippen LogP contribution in [0.1, 0.15) is 22.6 Å². The van der Waals surface area contributed by atoms with Crippen molar-refractivity contribution in [2.75, 3.05) is 12.4 Å². The number of fused-ring (bicyclic) bond motifs is 3. The molecular formula is C24H22N2O4S. The Balaban J connectivity index is 1.34. The Morgan fingerprint density at radius 2 is 1.61 bits per heavy atom. The fourth-order valence-corrected chi connectivity index (χ4v) is 4.74. The largest absolute Gasteiger partial charge is 0.480 e. The van der Waals surface area contributed by atoms with Gasteiger partial charge in [0, 0.05) is 29.8 Å². The number of carboxylic acid groups (broad SMARTS) is 1. The number of pyridine rings is 1. The number of hydrogen-bond acceptors (Lipinski definition) is 5. The van der Waals surface area contributed by atoms with Gasteiger partial charge in [-0.1, -0.05) is 48.5 Å². The van der Waals surface area contributed by atoms with E-state index in [-0.39, 0.29) is 18.3 Å². The minimum absolute atomic E-state index is 0.0671. The van der Waals surface area contributed by atoms with Crippen molar-refractivity contribution in [3.8, 4) is 11.1 Å². The second kappa shape index (κ2) is 9.66. The van der Waals surface area contributed by atoms with Crippen molar-refractivity contribution in [1.29, 1.82) is 0 Å². The number of alkyl carbamates (subject to hydrolysis) is 1. The highest BCUT2D eigenvalue weighted by Crippen LogP contribution is 2.44. The van der Waals surface area contributed by atoms with Gasteiger partial charge in [-0.2, -0.15) is 11.8 Å². The van der Waals surface area contributed by atoms with Gasteiger partial charge in [0.25, 0.3) is 0 Å². The maximum absolute atomic E-state index is 12.4. The topological polar surface area (TPSA) is 88.5 Å². The number of carboxylic acids is 1. The summed E-state index contributed by atoms with van der Waals surface area (Å²) in [6.45, 7) is 0.149. The van der Waals surface area contributed by atoms with Crippen LogP contribution in [0.4, 0.5) is 4.79 Å². The number of rotatable bonds is 8. The van der Waals surface area contributed by atoms with Crippen LogP contribution in [0.25, 0.3) is 11.1 Å². The van der Waals surface area contributed by atoms with Crippen LogP contribution < -0.4 is 5.32 Å². The monoisotopic (exact) mass is 434 g/mol. The number of carbonyl (C=O) groups excluding carboxylic acids is 1. The third kappa shape index (κ3) is 4.88. The number of benzene rings is 2. The Labute approximate surface area is 184 Å². The SMILES string of the molecule is O=C(N[C@@H](CSCc1ccncc1)C(=O)O)OCC1c2ccccc2-c2ccccc21. The summed E-state index contributed by atoms with van der Waals surface area (Å²) in [6.07, 6.45) is 2.66. The molecule has 0 saturated heterocycles. The molecular weight excluding hydrogens is 412 g/mol. The summed E-state index contributed by atoms with van der Waals surface area (Å²) in [4.78, 5) is 27.9. The molecule has 31 heavy (non-hydrogen) atoms. The van der Waals surface area contributed by atoms with Crippen LogP contribution in [-0.4, -0.2) is 40.6 Å². The van der Waals surface area contributed by atoms with Crippen LogP contribution in [-0.2, 0) is 15.3 Å². The predicted octanol–water partition coefficient (Wildman–Crippen LogP) is 4.31. The highest BCUT2D eigenvalue weighted by atomic mass is 32.2. The molecule has 1 aliphatic rings. The number of aromatic nitrogens is 1. The molecule has 0 fully saturated rings. The summed E-state index contributed by atoms with van der Waals surface area (Å²) in [5.74, 6) is -0.279. The highest BCUT2D eigenvalue weighted by molar-refractivity contribution is 7.98. The van der Waals surface area contributed by atoms with Crippen molar-refractivity contribution in [3.63, 3.8) is 0 Å². The summed E-state index contributed by atoms with van der Waals surface area (Å²) in [7, 11) is 0. The van der Waals surface area contributed by atoms with E-state index in [4.69, 9.17) is 4.74 Å². The Hall–Kier alpha value is -3.32. The first kappa shape index (κ1) is 20.9. The normalized spacial score (nSPS) is 13.2. The zero-order chi connectivity index (χ0) is 21.6. The number of carbonyl (C=O) groups is 2. The van der Waals surface area contributed by atoms with Crippen LogP contribution in [0.5, 0.6) is 0 Å². The lowest BCUT2D eigenvalue weighted by Crippen LogP contribution is -2.43. The average Bonchev–Trinajstić information content (AvgIpc) is 3.11. The summed E-state index contributed by atoms with van der Waals surface area (Å²) in [5, 5.41) is 11.9. The van der Waals surface area contributed by atoms with E-state index < -0.39 is 18.1 Å². The molecule has 1 atom stereocenters. The number of aliphatic carboxylic acids is 1. The van der Waals surface area contributed by atoms with Crippen molar-refractivity contribution in [1.82, 2.24) is 10.3 Å². The summed E-state index contributed by atoms with van der Waals surface area (Å²) >= 11 is 1.43. The molecule has 0 saturated carbocycles. The lowest BCUT2D eigenvalue weighted by atomic mass is 9.98. The predicted molar refractivity (Wildman–Crippen MR) is 120 cm³/mol. The third-order valence-corrected chi connectivity index (χ3v) is 6.34. The number of nitrogens with one attached hydrogen (secondary N) is 1. The molecule has 0 bridgehead atoms. The van der Waals surface area contributed by atoms with Gasteiger partial charge in [-0.25, -0.2) is 9.59 Å². The maximum atomic E-state index is 12.4. The molecule has 6 nitrogen and oxygen atoms in total. The van der Waals surface area contributed by atoms with Gasteiger partial charge >= 0.3 is 12.1 Å². The highest BCUT2D eigenvalue weighted by Gasteiger charge is 2.29. The maximum Gasteiger partial charge on any atom is 0.407 e. The Morgan fingerprint density at radius 3 is 2.23 bits per heavy atom. The van der Waals surface area contributed by atoms with Crippen LogP contribution >= 0.6 is 11.8 Å². The van der Waals surface area contributed by atoms with E-state index in [1.54, 1.807) is 12.4 Å². The quantitative estimate of drug-likeness (QED) is 0.549. The van der Waals surface area contributed by atoms with E-state index in [1.807, 2.05) is 48.5 Å². The van der Waals surface area contributed by atoms with Crippen LogP contribution in [0.15, 0.2) is 73.1 Å². The average molecular weight is 435 g/mol. The summed E-state index contributed by atoms with van der Waals surface area (Å²) in [5.41, 5.74) is 5.55. The first-order valence-corrected chi connectivity index (χ1v) is 11.1. The first-order valence-electron chi connectivity index (χ1n) is 9.94. The van der Waals surface area contributed by atoms with E-state index in [0.29, 0.717) is 5.75 Å². The standard InChI is InChI=1S/C24H22N2O4S/c27-23(28)22(15-31-14-16-9-11-25-12-10-16)26-24(29)30-13-21-19-7-3-1-5-17(19)18-6-2-4-8-20(18)21/h1-12,21-22H,13-15H2,(H,26,29)(H,27,28)/t22-/m0/s1. The van der Waals surface area contributed by atoms with E-state index in [9.17, 15) is 14.7 Å². The molecule has 2 aromatic carbocycles. The summed E-state index contributed by atoms with van der Waals surface area (Å²) in [6, 6.07) is 18.9. The van der Waals surface area contributed by atoms with E-state index >= 15 is 0 Å². The van der Waals surface area contributed by atoms with Crippen LogP contribution in [0.2, 0.25) is 0 Å². The molecule has 1 aliphatic carbocycles. The Bertz CT molecular complexity index is 1030. The van der Waals surface area contributed by atoms with Crippen LogP contribution in [0.3, 0.4) is 0 Å². The first-order chi connectivity index (χ1) is 15.1. The van der Waals surface area contributed by atoms with Gasteiger partial charge in [0.2, 0.25) is 0 Å². The molecule has 4 rings (SSSR count). The number of hydrogen-bond donors (Lipinski definition) is 2. The van der Waals surface area contributed by atoms with E-state index in [0.717, 1.165) is 27.8 Å². The molecule has 0 aliphatic heterocycles. The number of ether oxygens (including phenoxy) is 1. The van der Waals surface area contributed by atoms with Crippen molar-refractivity contribution in [3.05, 3.63) is 89.7 Å². The Kier molecular flexibility index (Phi) is 6.52. The van der Waals surface area contributed by atoms with E-state index in [2.05, 4.69) is 22.4 Å². The van der Waals surface area contributed by atoms with Crippen molar-refractivity contribution in [2.45, 2.75) is 17.7 Å². The second-order valence-electron chi connectivity index (χ2n) is 7.23. The van der Waals surface area contributed by atoms with Crippen molar-refractivity contribution in [2.24, 2.45) is 0 Å². The van der Waals surface area contributed by atoms with Gasteiger partial charge in [-0.15, -0.1) is 0 Å². The molecule has 1 amide bonds. The lowest BCUT2D eigenvalue weighted by molar-refractivity contribution is -0.138. The lowest BCUT2D eigenvalue weighted by Gasteiger charge is -2.17. The van der Waals surface area contributed by atoms with Gasteiger partial charge in [-0.3, -0.25) is 4.98 Å².